The molecular weight excluding hydrogens is 384 g/mol. The maximum Gasteiger partial charge on any atom is 0.261 e. The van der Waals surface area contributed by atoms with Crippen molar-refractivity contribution in [1.29, 1.82) is 0 Å². The number of hydrogen-bond acceptors (Lipinski definition) is 4. The van der Waals surface area contributed by atoms with E-state index in [1.165, 1.54) is 34.6 Å². The Morgan fingerprint density at radius 1 is 0.880 bits per heavy atom. The van der Waals surface area contributed by atoms with Gasteiger partial charge in [-0.2, -0.15) is 4.31 Å². The monoisotopic (exact) mass is 400 g/mol. The van der Waals surface area contributed by atoms with Gasteiger partial charge in [-0.05, 0) is 43.2 Å². The molecule has 0 bridgehead atoms. The number of rotatable bonds is 5. The van der Waals surface area contributed by atoms with E-state index in [1.807, 2.05) is 0 Å². The fourth-order valence-electron chi connectivity index (χ4n) is 2.62. The second-order valence-electron chi connectivity index (χ2n) is 5.67. The number of anilines is 1. The van der Waals surface area contributed by atoms with Gasteiger partial charge in [-0.3, -0.25) is 4.72 Å². The Morgan fingerprint density at radius 3 is 2.16 bits per heavy atom. The molecule has 0 saturated carbocycles. The SMILES string of the molecule is O=S(=O)(Nc1cc(S(=O)(=O)N2CCCC2)ccc1Cl)c1ccccc1. The first kappa shape index (κ1) is 18.2. The summed E-state index contributed by atoms with van der Waals surface area (Å²) in [6.45, 7) is 0.937. The molecule has 0 amide bonds. The zero-order valence-electron chi connectivity index (χ0n) is 13.2. The van der Waals surface area contributed by atoms with Crippen LogP contribution in [0.25, 0.3) is 0 Å². The third kappa shape index (κ3) is 3.82. The Hall–Kier alpha value is -1.61. The van der Waals surface area contributed by atoms with E-state index in [1.54, 1.807) is 18.2 Å². The number of benzene rings is 2. The average Bonchev–Trinajstić information content (AvgIpc) is 3.13. The lowest BCUT2D eigenvalue weighted by Gasteiger charge is -2.17. The van der Waals surface area contributed by atoms with Gasteiger partial charge >= 0.3 is 0 Å². The van der Waals surface area contributed by atoms with Crippen LogP contribution in [0, 0.1) is 0 Å². The first-order valence-electron chi connectivity index (χ1n) is 7.68. The molecule has 0 spiro atoms. The number of nitrogens with one attached hydrogen (secondary N) is 1. The second-order valence-corrected chi connectivity index (χ2v) is 9.70. The lowest BCUT2D eigenvalue weighted by atomic mass is 10.3. The zero-order chi connectivity index (χ0) is 18.1. The fourth-order valence-corrected chi connectivity index (χ4v) is 5.48. The maximum atomic E-state index is 12.6. The summed E-state index contributed by atoms with van der Waals surface area (Å²) in [6, 6.07) is 11.8. The lowest BCUT2D eigenvalue weighted by molar-refractivity contribution is 0.477. The van der Waals surface area contributed by atoms with Gasteiger partial charge in [0.25, 0.3) is 10.0 Å². The molecule has 25 heavy (non-hydrogen) atoms. The molecule has 134 valence electrons. The fraction of sp³-hybridized carbons (Fsp3) is 0.250. The van der Waals surface area contributed by atoms with Crippen LogP contribution in [0.15, 0.2) is 58.3 Å². The Balaban J connectivity index is 1.95. The molecule has 1 heterocycles. The second kappa shape index (κ2) is 6.95. The van der Waals surface area contributed by atoms with Crippen LogP contribution in [0.4, 0.5) is 5.69 Å². The van der Waals surface area contributed by atoms with Crippen molar-refractivity contribution in [3.8, 4) is 0 Å². The van der Waals surface area contributed by atoms with E-state index in [0.717, 1.165) is 12.8 Å². The van der Waals surface area contributed by atoms with E-state index in [0.29, 0.717) is 13.1 Å². The summed E-state index contributed by atoms with van der Waals surface area (Å²) >= 11 is 6.06. The molecule has 0 atom stereocenters. The Bertz CT molecular complexity index is 970. The molecule has 1 N–H and O–H groups in total. The summed E-state index contributed by atoms with van der Waals surface area (Å²) in [7, 11) is -7.52. The molecule has 2 aromatic rings. The van der Waals surface area contributed by atoms with Crippen LogP contribution in [-0.2, 0) is 20.0 Å². The van der Waals surface area contributed by atoms with Crippen molar-refractivity contribution in [2.45, 2.75) is 22.6 Å². The van der Waals surface area contributed by atoms with Crippen molar-refractivity contribution in [1.82, 2.24) is 4.31 Å². The van der Waals surface area contributed by atoms with Gasteiger partial charge in [0.05, 0.1) is 20.5 Å². The van der Waals surface area contributed by atoms with Crippen molar-refractivity contribution in [3.05, 3.63) is 53.6 Å². The molecule has 2 aromatic carbocycles. The van der Waals surface area contributed by atoms with Crippen LogP contribution in [-0.4, -0.2) is 34.2 Å². The highest BCUT2D eigenvalue weighted by molar-refractivity contribution is 7.92. The van der Waals surface area contributed by atoms with Gasteiger partial charge in [0.1, 0.15) is 0 Å². The van der Waals surface area contributed by atoms with Crippen molar-refractivity contribution < 1.29 is 16.8 Å². The third-order valence-corrected chi connectivity index (χ3v) is 7.54. The van der Waals surface area contributed by atoms with Crippen LogP contribution in [0.3, 0.4) is 0 Å². The molecule has 0 aliphatic carbocycles. The van der Waals surface area contributed by atoms with Crippen LogP contribution in [0.2, 0.25) is 5.02 Å². The molecule has 1 saturated heterocycles. The van der Waals surface area contributed by atoms with E-state index in [9.17, 15) is 16.8 Å². The minimum atomic E-state index is -3.86. The molecule has 0 radical (unpaired) electrons. The highest BCUT2D eigenvalue weighted by atomic mass is 35.5. The number of halogens is 1. The number of sulfonamides is 2. The summed E-state index contributed by atoms with van der Waals surface area (Å²) in [5.41, 5.74) is 0.0331. The normalized spacial score (nSPS) is 16.0. The molecule has 3 rings (SSSR count). The van der Waals surface area contributed by atoms with Crippen molar-refractivity contribution in [2.75, 3.05) is 17.8 Å². The van der Waals surface area contributed by atoms with Crippen LogP contribution >= 0.6 is 11.6 Å². The molecule has 0 unspecified atom stereocenters. The molecule has 1 aliphatic heterocycles. The van der Waals surface area contributed by atoms with Gasteiger partial charge in [0.15, 0.2) is 0 Å². The summed E-state index contributed by atoms with van der Waals surface area (Å²) in [4.78, 5) is 0.0865. The van der Waals surface area contributed by atoms with Gasteiger partial charge in [0.2, 0.25) is 10.0 Å². The van der Waals surface area contributed by atoms with Crippen LogP contribution in [0.1, 0.15) is 12.8 Å². The number of hydrogen-bond donors (Lipinski definition) is 1. The minimum absolute atomic E-state index is 0.0181. The molecular formula is C16H17ClN2O4S2. The third-order valence-electron chi connectivity index (χ3n) is 3.94. The smallest absolute Gasteiger partial charge is 0.261 e. The van der Waals surface area contributed by atoms with Crippen molar-refractivity contribution in [2.24, 2.45) is 0 Å². The van der Waals surface area contributed by atoms with E-state index < -0.39 is 20.0 Å². The highest BCUT2D eigenvalue weighted by Crippen LogP contribution is 2.30. The standard InChI is InChI=1S/C16H17ClN2O4S2/c17-15-9-8-14(25(22,23)19-10-4-5-11-19)12-16(15)18-24(20,21)13-6-2-1-3-7-13/h1-3,6-9,12,18H,4-5,10-11H2. The minimum Gasteiger partial charge on any atom is -0.278 e. The predicted octanol–water partition coefficient (Wildman–Crippen LogP) is 2.93. The van der Waals surface area contributed by atoms with E-state index in [4.69, 9.17) is 11.6 Å². The molecule has 1 aliphatic rings. The van der Waals surface area contributed by atoms with Gasteiger partial charge in [-0.15, -0.1) is 0 Å². The largest absolute Gasteiger partial charge is 0.278 e. The van der Waals surface area contributed by atoms with Gasteiger partial charge < -0.3 is 0 Å². The van der Waals surface area contributed by atoms with E-state index in [-0.39, 0.29) is 20.5 Å². The van der Waals surface area contributed by atoms with Crippen molar-refractivity contribution >= 4 is 37.3 Å². The number of nitrogens with zero attached hydrogens (tertiary/aromatic N) is 1. The van der Waals surface area contributed by atoms with E-state index >= 15 is 0 Å². The summed E-state index contributed by atoms with van der Waals surface area (Å²) < 4.78 is 53.9. The summed E-state index contributed by atoms with van der Waals surface area (Å²) in [5.74, 6) is 0. The van der Waals surface area contributed by atoms with Crippen LogP contribution < -0.4 is 4.72 Å². The quantitative estimate of drug-likeness (QED) is 0.836. The summed E-state index contributed by atoms with van der Waals surface area (Å²) in [5, 5.41) is 0.125. The van der Waals surface area contributed by atoms with Gasteiger partial charge in [-0.1, -0.05) is 29.8 Å². The topological polar surface area (TPSA) is 83.5 Å². The average molecular weight is 401 g/mol. The lowest BCUT2D eigenvalue weighted by Crippen LogP contribution is -2.28. The maximum absolute atomic E-state index is 12.6. The van der Waals surface area contributed by atoms with E-state index in [2.05, 4.69) is 4.72 Å². The van der Waals surface area contributed by atoms with Gasteiger partial charge in [0, 0.05) is 13.1 Å². The Labute approximate surface area is 152 Å². The van der Waals surface area contributed by atoms with Crippen LogP contribution in [0.5, 0.6) is 0 Å². The predicted molar refractivity (Wildman–Crippen MR) is 96.7 cm³/mol. The van der Waals surface area contributed by atoms with Crippen molar-refractivity contribution in [3.63, 3.8) is 0 Å². The molecule has 6 nitrogen and oxygen atoms in total. The Morgan fingerprint density at radius 2 is 1.52 bits per heavy atom. The van der Waals surface area contributed by atoms with Gasteiger partial charge in [-0.25, -0.2) is 16.8 Å². The molecule has 1 fully saturated rings. The summed E-state index contributed by atoms with van der Waals surface area (Å²) in [6.07, 6.45) is 1.64. The molecule has 9 heteroatoms. The first-order valence-corrected chi connectivity index (χ1v) is 11.0. The first-order chi connectivity index (χ1) is 11.8. The molecule has 0 aromatic heterocycles. The zero-order valence-corrected chi connectivity index (χ0v) is 15.6. The Kier molecular flexibility index (Phi) is 5.06. The highest BCUT2D eigenvalue weighted by Gasteiger charge is 2.28.